The molecule has 1 aromatic carbocycles. The maximum absolute atomic E-state index is 12.1. The fraction of sp³-hybridized carbons (Fsp3) is 0.588. The molecule has 2 rings (SSSR count). The fourth-order valence-electron chi connectivity index (χ4n) is 3.02. The van der Waals surface area contributed by atoms with Crippen molar-refractivity contribution in [1.82, 2.24) is 0 Å². The Balaban J connectivity index is 2.04. The summed E-state index contributed by atoms with van der Waals surface area (Å²) in [6.07, 6.45) is 2.97. The van der Waals surface area contributed by atoms with Gasteiger partial charge < -0.3 is 15.3 Å². The van der Waals surface area contributed by atoms with Crippen molar-refractivity contribution in [3.05, 3.63) is 24.3 Å². The van der Waals surface area contributed by atoms with Crippen molar-refractivity contribution in [2.45, 2.75) is 58.1 Å². The van der Waals surface area contributed by atoms with Crippen LogP contribution in [0.15, 0.2) is 24.3 Å². The van der Waals surface area contributed by atoms with Gasteiger partial charge in [0, 0.05) is 24.0 Å². The molecule has 0 radical (unpaired) electrons. The Morgan fingerprint density at radius 2 is 1.86 bits per heavy atom. The summed E-state index contributed by atoms with van der Waals surface area (Å²) in [7, 11) is 0. The lowest BCUT2D eigenvalue weighted by atomic mass is 10.0. The molecule has 0 aliphatic heterocycles. The van der Waals surface area contributed by atoms with E-state index in [0.717, 1.165) is 30.8 Å². The number of carbonyl (C=O) groups is 1. The number of hydrogen-bond acceptors (Lipinski definition) is 3. The van der Waals surface area contributed by atoms with Gasteiger partial charge in [-0.25, -0.2) is 0 Å². The topological polar surface area (TPSA) is 52.6 Å². The zero-order valence-electron chi connectivity index (χ0n) is 13.2. The number of anilines is 2. The summed E-state index contributed by atoms with van der Waals surface area (Å²) in [5.74, 6) is -0.274. The number of rotatable bonds is 5. The standard InChI is InChI=1S/C17H26N2O2/c1-4-19(13(2)3)15-9-7-14(8-10-15)18-16(20)17(21)11-5-6-12-17/h7-10,13,21H,4-6,11-12H2,1-3H3,(H,18,20). The molecule has 0 unspecified atom stereocenters. The lowest BCUT2D eigenvalue weighted by Crippen LogP contribution is -2.40. The highest BCUT2D eigenvalue weighted by atomic mass is 16.3. The first-order valence-electron chi connectivity index (χ1n) is 7.87. The average molecular weight is 290 g/mol. The largest absolute Gasteiger partial charge is 0.380 e. The van der Waals surface area contributed by atoms with Crippen molar-refractivity contribution in [2.24, 2.45) is 0 Å². The molecule has 0 atom stereocenters. The molecular weight excluding hydrogens is 264 g/mol. The lowest BCUT2D eigenvalue weighted by molar-refractivity contribution is -0.133. The van der Waals surface area contributed by atoms with E-state index in [1.54, 1.807) is 0 Å². The summed E-state index contributed by atoms with van der Waals surface area (Å²) >= 11 is 0. The minimum atomic E-state index is -1.17. The van der Waals surface area contributed by atoms with Crippen molar-refractivity contribution in [3.63, 3.8) is 0 Å². The predicted octanol–water partition coefficient (Wildman–Crippen LogP) is 3.16. The fourth-order valence-corrected chi connectivity index (χ4v) is 3.02. The van der Waals surface area contributed by atoms with Gasteiger partial charge in [0.1, 0.15) is 5.60 Å². The van der Waals surface area contributed by atoms with E-state index < -0.39 is 5.60 Å². The van der Waals surface area contributed by atoms with Gasteiger partial charge in [-0.2, -0.15) is 0 Å². The van der Waals surface area contributed by atoms with Gasteiger partial charge in [-0.15, -0.1) is 0 Å². The summed E-state index contributed by atoms with van der Waals surface area (Å²) in [6, 6.07) is 8.26. The Morgan fingerprint density at radius 1 is 1.29 bits per heavy atom. The molecule has 0 bridgehead atoms. The summed E-state index contributed by atoms with van der Waals surface area (Å²) in [6.45, 7) is 7.40. The van der Waals surface area contributed by atoms with Crippen molar-refractivity contribution < 1.29 is 9.90 Å². The molecule has 1 amide bonds. The van der Waals surface area contributed by atoms with Crippen LogP contribution in [0.4, 0.5) is 11.4 Å². The van der Waals surface area contributed by atoms with Crippen LogP contribution in [0.5, 0.6) is 0 Å². The highest BCUT2D eigenvalue weighted by Gasteiger charge is 2.38. The second kappa shape index (κ2) is 6.48. The van der Waals surface area contributed by atoms with Crippen LogP contribution < -0.4 is 10.2 Å². The van der Waals surface area contributed by atoms with E-state index in [2.05, 4.69) is 31.0 Å². The summed E-state index contributed by atoms with van der Waals surface area (Å²) in [4.78, 5) is 14.4. The third kappa shape index (κ3) is 3.56. The number of benzene rings is 1. The molecular formula is C17H26N2O2. The quantitative estimate of drug-likeness (QED) is 0.876. The molecule has 0 saturated heterocycles. The van der Waals surface area contributed by atoms with E-state index >= 15 is 0 Å². The maximum atomic E-state index is 12.1. The van der Waals surface area contributed by atoms with Crippen LogP contribution in [0.1, 0.15) is 46.5 Å². The highest BCUT2D eigenvalue weighted by molar-refractivity contribution is 5.97. The van der Waals surface area contributed by atoms with E-state index in [1.165, 1.54) is 0 Å². The molecule has 0 spiro atoms. The normalized spacial score (nSPS) is 17.0. The summed E-state index contributed by atoms with van der Waals surface area (Å²) in [5.41, 5.74) is 0.709. The van der Waals surface area contributed by atoms with Crippen LogP contribution in [-0.4, -0.2) is 29.2 Å². The molecule has 21 heavy (non-hydrogen) atoms. The lowest BCUT2D eigenvalue weighted by Gasteiger charge is -2.27. The molecule has 2 N–H and O–H groups in total. The van der Waals surface area contributed by atoms with Crippen LogP contribution in [-0.2, 0) is 4.79 Å². The van der Waals surface area contributed by atoms with Gasteiger partial charge in [-0.05, 0) is 70.7 Å². The van der Waals surface area contributed by atoms with E-state index in [9.17, 15) is 9.90 Å². The molecule has 0 heterocycles. The Kier molecular flexibility index (Phi) is 4.88. The second-order valence-electron chi connectivity index (χ2n) is 6.12. The molecule has 1 aromatic rings. The van der Waals surface area contributed by atoms with E-state index in [4.69, 9.17) is 0 Å². The number of nitrogens with zero attached hydrogens (tertiary/aromatic N) is 1. The first-order chi connectivity index (χ1) is 9.96. The molecule has 4 heteroatoms. The van der Waals surface area contributed by atoms with Crippen LogP contribution in [0.25, 0.3) is 0 Å². The minimum Gasteiger partial charge on any atom is -0.380 e. The monoisotopic (exact) mass is 290 g/mol. The molecule has 1 saturated carbocycles. The number of amides is 1. The summed E-state index contributed by atoms with van der Waals surface area (Å²) < 4.78 is 0. The van der Waals surface area contributed by atoms with Gasteiger partial charge in [0.2, 0.25) is 0 Å². The zero-order chi connectivity index (χ0) is 15.5. The van der Waals surface area contributed by atoms with E-state index in [-0.39, 0.29) is 5.91 Å². The van der Waals surface area contributed by atoms with Gasteiger partial charge in [0.25, 0.3) is 5.91 Å². The zero-order valence-corrected chi connectivity index (χ0v) is 13.2. The van der Waals surface area contributed by atoms with Crippen molar-refractivity contribution in [1.29, 1.82) is 0 Å². The number of aliphatic hydroxyl groups is 1. The van der Waals surface area contributed by atoms with Crippen LogP contribution in [0.3, 0.4) is 0 Å². The van der Waals surface area contributed by atoms with Gasteiger partial charge in [0.15, 0.2) is 0 Å². The van der Waals surface area contributed by atoms with Gasteiger partial charge in [-0.1, -0.05) is 0 Å². The Morgan fingerprint density at radius 3 is 2.33 bits per heavy atom. The Labute approximate surface area is 127 Å². The van der Waals surface area contributed by atoms with Crippen LogP contribution in [0.2, 0.25) is 0 Å². The number of nitrogens with one attached hydrogen (secondary N) is 1. The first kappa shape index (κ1) is 15.8. The van der Waals surface area contributed by atoms with Crippen molar-refractivity contribution >= 4 is 17.3 Å². The molecule has 4 nitrogen and oxygen atoms in total. The Hall–Kier alpha value is -1.55. The van der Waals surface area contributed by atoms with Crippen molar-refractivity contribution in [2.75, 3.05) is 16.8 Å². The number of hydrogen-bond donors (Lipinski definition) is 2. The average Bonchev–Trinajstić information content (AvgIpc) is 2.89. The minimum absolute atomic E-state index is 0.274. The van der Waals surface area contributed by atoms with E-state index in [0.29, 0.717) is 18.9 Å². The second-order valence-corrected chi connectivity index (χ2v) is 6.12. The van der Waals surface area contributed by atoms with Crippen molar-refractivity contribution in [3.8, 4) is 0 Å². The molecule has 1 aliphatic rings. The predicted molar refractivity (Wildman–Crippen MR) is 86.6 cm³/mol. The molecule has 0 aromatic heterocycles. The van der Waals surface area contributed by atoms with Crippen LogP contribution in [0, 0.1) is 0 Å². The van der Waals surface area contributed by atoms with Gasteiger partial charge in [0.05, 0.1) is 0 Å². The third-order valence-corrected chi connectivity index (χ3v) is 4.27. The Bertz CT molecular complexity index is 476. The summed E-state index contributed by atoms with van der Waals surface area (Å²) in [5, 5.41) is 13.1. The van der Waals surface area contributed by atoms with Gasteiger partial charge in [-0.3, -0.25) is 4.79 Å². The molecule has 1 fully saturated rings. The third-order valence-electron chi connectivity index (χ3n) is 4.27. The maximum Gasteiger partial charge on any atom is 0.256 e. The molecule has 1 aliphatic carbocycles. The SMILES string of the molecule is CCN(c1ccc(NC(=O)C2(O)CCCC2)cc1)C(C)C. The first-order valence-corrected chi connectivity index (χ1v) is 7.87. The van der Waals surface area contributed by atoms with Gasteiger partial charge >= 0.3 is 0 Å². The van der Waals surface area contributed by atoms with Crippen LogP contribution >= 0.6 is 0 Å². The molecule has 116 valence electrons. The van der Waals surface area contributed by atoms with E-state index in [1.807, 2.05) is 24.3 Å². The number of carbonyl (C=O) groups excluding carboxylic acids is 1. The smallest absolute Gasteiger partial charge is 0.256 e. The highest BCUT2D eigenvalue weighted by Crippen LogP contribution is 2.30.